The summed E-state index contributed by atoms with van der Waals surface area (Å²) in [5.41, 5.74) is 0.345. The highest BCUT2D eigenvalue weighted by Crippen LogP contribution is 2.26. The van der Waals surface area contributed by atoms with Gasteiger partial charge in [0.1, 0.15) is 5.69 Å². The second-order valence-electron chi connectivity index (χ2n) is 5.57. The minimum Gasteiger partial charge on any atom is -0.383 e. The standard InChI is InChI=1S/C14H19N3O4/c1-14(2)9-16(6-7-21-14)13(18)10-4-5-12(17(19)20)11(8-10)15-3/h4-5,8,15H,6-7,9H2,1-3H3. The number of carbonyl (C=O) groups excluding carboxylic acids is 1. The summed E-state index contributed by atoms with van der Waals surface area (Å²) < 4.78 is 5.58. The molecule has 1 aliphatic rings. The molecule has 1 aromatic rings. The van der Waals surface area contributed by atoms with Crippen molar-refractivity contribution in [2.45, 2.75) is 19.4 Å². The number of nitro benzene ring substituents is 1. The largest absolute Gasteiger partial charge is 0.383 e. The topological polar surface area (TPSA) is 84.7 Å². The molecule has 0 atom stereocenters. The first-order valence-corrected chi connectivity index (χ1v) is 6.73. The molecule has 7 nitrogen and oxygen atoms in total. The second-order valence-corrected chi connectivity index (χ2v) is 5.57. The Morgan fingerprint density at radius 3 is 2.76 bits per heavy atom. The third kappa shape index (κ3) is 3.30. The van der Waals surface area contributed by atoms with Crippen LogP contribution in [0.2, 0.25) is 0 Å². The molecule has 0 saturated carbocycles. The van der Waals surface area contributed by atoms with E-state index in [1.165, 1.54) is 18.2 Å². The Morgan fingerprint density at radius 2 is 2.19 bits per heavy atom. The zero-order valence-electron chi connectivity index (χ0n) is 12.4. The molecule has 1 heterocycles. The Bertz CT molecular complexity index is 571. The minimum absolute atomic E-state index is 0.0450. The number of benzene rings is 1. The first-order valence-electron chi connectivity index (χ1n) is 6.73. The zero-order valence-corrected chi connectivity index (χ0v) is 12.4. The summed E-state index contributed by atoms with van der Waals surface area (Å²) >= 11 is 0. The van der Waals surface area contributed by atoms with Gasteiger partial charge in [-0.2, -0.15) is 0 Å². The number of nitrogens with one attached hydrogen (secondary N) is 1. The SMILES string of the molecule is CNc1cc(C(=O)N2CCOC(C)(C)C2)ccc1[N+](=O)[O-]. The molecule has 1 fully saturated rings. The van der Waals surface area contributed by atoms with E-state index >= 15 is 0 Å². The molecule has 114 valence electrons. The van der Waals surface area contributed by atoms with Gasteiger partial charge in [-0.3, -0.25) is 14.9 Å². The third-order valence-electron chi connectivity index (χ3n) is 3.42. The first kappa shape index (κ1) is 15.2. The van der Waals surface area contributed by atoms with Gasteiger partial charge in [0, 0.05) is 31.8 Å². The van der Waals surface area contributed by atoms with Crippen molar-refractivity contribution >= 4 is 17.3 Å². The molecule has 7 heteroatoms. The lowest BCUT2D eigenvalue weighted by molar-refractivity contribution is -0.383. The molecule has 0 unspecified atom stereocenters. The third-order valence-corrected chi connectivity index (χ3v) is 3.42. The van der Waals surface area contributed by atoms with Crippen molar-refractivity contribution in [3.63, 3.8) is 0 Å². The molecular formula is C14H19N3O4. The van der Waals surface area contributed by atoms with Crippen LogP contribution in [0.4, 0.5) is 11.4 Å². The summed E-state index contributed by atoms with van der Waals surface area (Å²) in [5.74, 6) is -0.141. The second kappa shape index (κ2) is 5.69. The lowest BCUT2D eigenvalue weighted by Gasteiger charge is -2.38. The molecule has 1 N–H and O–H groups in total. The molecular weight excluding hydrogens is 274 g/mol. The predicted octanol–water partition coefficient (Wildman–Crippen LogP) is 1.89. The van der Waals surface area contributed by atoms with Gasteiger partial charge in [-0.1, -0.05) is 0 Å². The smallest absolute Gasteiger partial charge is 0.292 e. The number of nitrogens with zero attached hydrogens (tertiary/aromatic N) is 2. The molecule has 0 aliphatic carbocycles. The summed E-state index contributed by atoms with van der Waals surface area (Å²) in [7, 11) is 1.59. The van der Waals surface area contributed by atoms with Gasteiger partial charge >= 0.3 is 0 Å². The van der Waals surface area contributed by atoms with Crippen molar-refractivity contribution in [1.29, 1.82) is 0 Å². The number of carbonyl (C=O) groups is 1. The van der Waals surface area contributed by atoms with Gasteiger partial charge in [0.2, 0.25) is 0 Å². The molecule has 21 heavy (non-hydrogen) atoms. The van der Waals surface area contributed by atoms with Crippen LogP contribution < -0.4 is 5.32 Å². The van der Waals surface area contributed by atoms with Crippen LogP contribution in [0.1, 0.15) is 24.2 Å². The summed E-state index contributed by atoms with van der Waals surface area (Å²) in [4.78, 5) is 24.6. The van der Waals surface area contributed by atoms with E-state index in [1.807, 2.05) is 13.8 Å². The van der Waals surface area contributed by atoms with Crippen molar-refractivity contribution in [3.8, 4) is 0 Å². The number of ether oxygens (including phenoxy) is 1. The van der Waals surface area contributed by atoms with E-state index in [1.54, 1.807) is 11.9 Å². The van der Waals surface area contributed by atoms with Gasteiger partial charge in [-0.05, 0) is 26.0 Å². The minimum atomic E-state index is -0.474. The van der Waals surface area contributed by atoms with Crippen molar-refractivity contribution < 1.29 is 14.5 Å². The summed E-state index contributed by atoms with van der Waals surface area (Å²) in [5, 5.41) is 13.7. The fourth-order valence-corrected chi connectivity index (χ4v) is 2.40. The number of hydrogen-bond acceptors (Lipinski definition) is 5. The van der Waals surface area contributed by atoms with Crippen LogP contribution in [0.15, 0.2) is 18.2 Å². The lowest BCUT2D eigenvalue weighted by atomic mass is 10.1. The van der Waals surface area contributed by atoms with E-state index in [-0.39, 0.29) is 17.2 Å². The van der Waals surface area contributed by atoms with Gasteiger partial charge in [0.25, 0.3) is 11.6 Å². The average molecular weight is 293 g/mol. The highest BCUT2D eigenvalue weighted by Gasteiger charge is 2.30. The van der Waals surface area contributed by atoms with Crippen LogP contribution in [0.3, 0.4) is 0 Å². The van der Waals surface area contributed by atoms with E-state index in [9.17, 15) is 14.9 Å². The molecule has 1 saturated heterocycles. The van der Waals surface area contributed by atoms with Gasteiger partial charge < -0.3 is 15.0 Å². The number of nitro groups is 1. The molecule has 2 rings (SSSR count). The van der Waals surface area contributed by atoms with Crippen molar-refractivity contribution in [2.24, 2.45) is 0 Å². The van der Waals surface area contributed by atoms with Gasteiger partial charge in [0.05, 0.1) is 17.1 Å². The molecule has 0 aromatic heterocycles. The van der Waals surface area contributed by atoms with Gasteiger partial charge in [-0.15, -0.1) is 0 Å². The van der Waals surface area contributed by atoms with E-state index in [4.69, 9.17) is 4.74 Å². The number of rotatable bonds is 3. The number of hydrogen-bond donors (Lipinski definition) is 1. The zero-order chi connectivity index (χ0) is 15.6. The van der Waals surface area contributed by atoms with Crippen LogP contribution in [0, 0.1) is 10.1 Å². The van der Waals surface area contributed by atoms with Crippen LogP contribution in [0.5, 0.6) is 0 Å². The van der Waals surface area contributed by atoms with Crippen molar-refractivity contribution in [2.75, 3.05) is 32.1 Å². The van der Waals surface area contributed by atoms with Crippen LogP contribution >= 0.6 is 0 Å². The molecule has 1 amide bonds. The van der Waals surface area contributed by atoms with E-state index in [0.717, 1.165) is 0 Å². The molecule has 1 aliphatic heterocycles. The maximum Gasteiger partial charge on any atom is 0.292 e. The van der Waals surface area contributed by atoms with E-state index < -0.39 is 4.92 Å². The summed E-state index contributed by atoms with van der Waals surface area (Å²) in [6.45, 7) is 5.37. The van der Waals surface area contributed by atoms with E-state index in [2.05, 4.69) is 5.32 Å². The normalized spacial score (nSPS) is 17.4. The van der Waals surface area contributed by atoms with Crippen molar-refractivity contribution in [3.05, 3.63) is 33.9 Å². The molecule has 0 bridgehead atoms. The molecule has 0 spiro atoms. The van der Waals surface area contributed by atoms with Crippen molar-refractivity contribution in [1.82, 2.24) is 4.90 Å². The Morgan fingerprint density at radius 1 is 1.48 bits per heavy atom. The predicted molar refractivity (Wildman–Crippen MR) is 78.6 cm³/mol. The van der Waals surface area contributed by atoms with E-state index in [0.29, 0.717) is 30.9 Å². The molecule has 0 radical (unpaired) electrons. The van der Waals surface area contributed by atoms with Crippen LogP contribution in [-0.4, -0.2) is 48.1 Å². The highest BCUT2D eigenvalue weighted by molar-refractivity contribution is 5.96. The Kier molecular flexibility index (Phi) is 4.13. The van der Waals surface area contributed by atoms with Gasteiger partial charge in [-0.25, -0.2) is 0 Å². The fourth-order valence-electron chi connectivity index (χ4n) is 2.40. The summed E-state index contributed by atoms with van der Waals surface area (Å²) in [6.07, 6.45) is 0. The number of anilines is 1. The number of amides is 1. The van der Waals surface area contributed by atoms with Gasteiger partial charge in [0.15, 0.2) is 0 Å². The highest BCUT2D eigenvalue weighted by atomic mass is 16.6. The monoisotopic (exact) mass is 293 g/mol. The fraction of sp³-hybridized carbons (Fsp3) is 0.500. The summed E-state index contributed by atoms with van der Waals surface area (Å²) in [6, 6.07) is 4.36. The number of morpholine rings is 1. The Balaban J connectivity index is 2.25. The maximum atomic E-state index is 12.5. The van der Waals surface area contributed by atoms with Crippen LogP contribution in [-0.2, 0) is 4.74 Å². The first-order chi connectivity index (χ1) is 9.84. The van der Waals surface area contributed by atoms with Crippen LogP contribution in [0.25, 0.3) is 0 Å². The lowest BCUT2D eigenvalue weighted by Crippen LogP contribution is -2.50. The maximum absolute atomic E-state index is 12.5. The molecule has 1 aromatic carbocycles. The average Bonchev–Trinajstić information content (AvgIpc) is 2.44. The quantitative estimate of drug-likeness (QED) is 0.679. The Labute approximate surface area is 123 Å². The Hall–Kier alpha value is -2.15.